The molecule has 0 spiro atoms. The van der Waals surface area contributed by atoms with Gasteiger partial charge in [0, 0.05) is 6.92 Å². The fourth-order valence-electron chi connectivity index (χ4n) is 0.941. The van der Waals surface area contributed by atoms with Gasteiger partial charge in [0.1, 0.15) is 0 Å². The minimum Gasteiger partial charge on any atom is -0.440 e. The smallest absolute Gasteiger partial charge is 0.214 e. The first kappa shape index (κ1) is 8.23. The largest absolute Gasteiger partial charge is 0.440 e. The Morgan fingerprint density at radius 2 is 2.18 bits per heavy atom. The van der Waals surface area contributed by atoms with Crippen molar-refractivity contribution in [3.63, 3.8) is 0 Å². The number of oxazole rings is 1. The molecule has 0 bridgehead atoms. The van der Waals surface area contributed by atoms with Crippen molar-refractivity contribution in [2.24, 2.45) is 0 Å². The molecule has 0 saturated heterocycles. The number of aromatic nitrogens is 1. The van der Waals surface area contributed by atoms with E-state index in [4.69, 9.17) is 14.6 Å². The normalized spacial score (nSPS) is 11.0. The van der Waals surface area contributed by atoms with Crippen molar-refractivity contribution in [3.8, 4) is 0 Å². The first-order chi connectivity index (χ1) is 5.15. The summed E-state index contributed by atoms with van der Waals surface area (Å²) in [5.74, 6) is 0.620. The Balaban J connectivity index is 3.02. The van der Waals surface area contributed by atoms with E-state index in [1.54, 1.807) is 6.92 Å². The Hall–Kier alpha value is -0.870. The van der Waals surface area contributed by atoms with E-state index in [-0.39, 0.29) is 5.76 Å². The van der Waals surface area contributed by atoms with Crippen LogP contribution in [0.5, 0.6) is 0 Å². The molecule has 0 unspecified atom stereocenters. The third kappa shape index (κ3) is 1.58. The second-order valence-corrected chi connectivity index (χ2v) is 2.27. The van der Waals surface area contributed by atoms with E-state index in [0.717, 1.165) is 0 Å². The summed E-state index contributed by atoms with van der Waals surface area (Å²) in [6, 6.07) is 0. The lowest BCUT2D eigenvalue weighted by molar-refractivity contribution is -0.0591. The molecule has 0 amide bonds. The first-order valence-corrected chi connectivity index (χ1v) is 3.47. The molecule has 0 aliphatic rings. The van der Waals surface area contributed by atoms with Crippen molar-refractivity contribution in [2.75, 3.05) is 0 Å². The summed E-state index contributed by atoms with van der Waals surface area (Å²) in [5, 5.41) is 17.5. The van der Waals surface area contributed by atoms with Crippen LogP contribution < -0.4 is 0 Å². The van der Waals surface area contributed by atoms with Crippen molar-refractivity contribution in [1.82, 2.24) is 4.98 Å². The summed E-state index contributed by atoms with van der Waals surface area (Å²) in [7, 11) is 0. The second kappa shape index (κ2) is 3.02. The molecule has 0 aliphatic carbocycles. The number of aliphatic hydroxyl groups is 2. The van der Waals surface area contributed by atoms with Crippen LogP contribution >= 0.6 is 0 Å². The van der Waals surface area contributed by atoms with Gasteiger partial charge in [-0.3, -0.25) is 0 Å². The zero-order valence-corrected chi connectivity index (χ0v) is 6.53. The van der Waals surface area contributed by atoms with Gasteiger partial charge in [0.05, 0.1) is 5.69 Å². The summed E-state index contributed by atoms with van der Waals surface area (Å²) >= 11 is 0. The third-order valence-electron chi connectivity index (χ3n) is 1.40. The zero-order chi connectivity index (χ0) is 8.43. The molecule has 11 heavy (non-hydrogen) atoms. The van der Waals surface area contributed by atoms with Gasteiger partial charge in [0.2, 0.25) is 6.29 Å². The van der Waals surface area contributed by atoms with E-state index in [1.165, 1.54) is 0 Å². The molecule has 0 atom stereocenters. The van der Waals surface area contributed by atoms with Crippen molar-refractivity contribution in [1.29, 1.82) is 0 Å². The molecule has 0 saturated carbocycles. The van der Waals surface area contributed by atoms with Gasteiger partial charge < -0.3 is 14.6 Å². The van der Waals surface area contributed by atoms with Crippen molar-refractivity contribution in [3.05, 3.63) is 17.3 Å². The van der Waals surface area contributed by atoms with Crippen LogP contribution in [0.25, 0.3) is 0 Å². The minimum atomic E-state index is -1.55. The van der Waals surface area contributed by atoms with Crippen LogP contribution in [0.3, 0.4) is 0 Å². The summed E-state index contributed by atoms with van der Waals surface area (Å²) in [6.45, 7) is 3.55. The molecule has 1 aromatic heterocycles. The number of rotatable bonds is 2. The van der Waals surface area contributed by atoms with E-state index in [0.29, 0.717) is 18.0 Å². The number of nitrogens with zero attached hydrogens (tertiary/aromatic N) is 1. The minimum absolute atomic E-state index is 0.157. The van der Waals surface area contributed by atoms with Gasteiger partial charge in [0.25, 0.3) is 0 Å². The van der Waals surface area contributed by atoms with Crippen LogP contribution in [0, 0.1) is 6.92 Å². The molecule has 0 radical (unpaired) electrons. The predicted octanol–water partition coefficient (Wildman–Crippen LogP) is 0.529. The monoisotopic (exact) mass is 157 g/mol. The van der Waals surface area contributed by atoms with E-state index < -0.39 is 6.29 Å². The Labute approximate surface area is 64.5 Å². The van der Waals surface area contributed by atoms with Crippen LogP contribution in [0.4, 0.5) is 0 Å². The SMILES string of the molecule is CCc1nc(C)oc1C(O)O. The summed E-state index contributed by atoms with van der Waals surface area (Å²) in [4.78, 5) is 3.96. The van der Waals surface area contributed by atoms with Gasteiger partial charge in [-0.05, 0) is 6.42 Å². The van der Waals surface area contributed by atoms with E-state index in [1.807, 2.05) is 6.92 Å². The highest BCUT2D eigenvalue weighted by Crippen LogP contribution is 2.17. The quantitative estimate of drug-likeness (QED) is 0.614. The van der Waals surface area contributed by atoms with Gasteiger partial charge in [-0.2, -0.15) is 0 Å². The molecule has 0 aliphatic heterocycles. The van der Waals surface area contributed by atoms with Crippen LogP contribution in [0.2, 0.25) is 0 Å². The van der Waals surface area contributed by atoms with Gasteiger partial charge in [-0.15, -0.1) is 0 Å². The topological polar surface area (TPSA) is 66.5 Å². The molecule has 0 fully saturated rings. The molecule has 0 aromatic carbocycles. The average molecular weight is 157 g/mol. The Bertz CT molecular complexity index is 242. The highest BCUT2D eigenvalue weighted by Gasteiger charge is 2.14. The number of aryl methyl sites for hydroxylation is 2. The Morgan fingerprint density at radius 1 is 1.55 bits per heavy atom. The molecule has 1 rings (SSSR count). The second-order valence-electron chi connectivity index (χ2n) is 2.27. The van der Waals surface area contributed by atoms with Crippen molar-refractivity contribution in [2.45, 2.75) is 26.6 Å². The van der Waals surface area contributed by atoms with Gasteiger partial charge in [-0.1, -0.05) is 6.92 Å². The molecular formula is C7H11NO3. The van der Waals surface area contributed by atoms with E-state index in [2.05, 4.69) is 4.98 Å². The van der Waals surface area contributed by atoms with Crippen LogP contribution in [-0.2, 0) is 6.42 Å². The van der Waals surface area contributed by atoms with E-state index in [9.17, 15) is 0 Å². The fraction of sp³-hybridized carbons (Fsp3) is 0.571. The Kier molecular flexibility index (Phi) is 2.26. The molecule has 4 nitrogen and oxygen atoms in total. The average Bonchev–Trinajstić information content (AvgIpc) is 2.30. The molecular weight excluding hydrogens is 146 g/mol. The molecule has 4 heteroatoms. The molecule has 2 N–H and O–H groups in total. The first-order valence-electron chi connectivity index (χ1n) is 3.47. The van der Waals surface area contributed by atoms with Gasteiger partial charge in [-0.25, -0.2) is 4.98 Å². The van der Waals surface area contributed by atoms with Gasteiger partial charge in [0.15, 0.2) is 11.7 Å². The van der Waals surface area contributed by atoms with Crippen molar-refractivity contribution < 1.29 is 14.6 Å². The summed E-state index contributed by atoms with van der Waals surface area (Å²) < 4.78 is 4.96. The maximum absolute atomic E-state index is 8.77. The standard InChI is InChI=1S/C7H11NO3/c1-3-5-6(7(9)10)11-4(2)8-5/h7,9-10H,3H2,1-2H3. The number of hydrogen-bond acceptors (Lipinski definition) is 4. The maximum Gasteiger partial charge on any atom is 0.214 e. The lowest BCUT2D eigenvalue weighted by Crippen LogP contribution is -1.96. The van der Waals surface area contributed by atoms with E-state index >= 15 is 0 Å². The summed E-state index contributed by atoms with van der Waals surface area (Å²) in [6.07, 6.45) is -0.907. The molecule has 1 aromatic rings. The maximum atomic E-state index is 8.77. The lowest BCUT2D eigenvalue weighted by atomic mass is 10.3. The molecule has 1 heterocycles. The number of hydrogen-bond donors (Lipinski definition) is 2. The van der Waals surface area contributed by atoms with Crippen LogP contribution in [-0.4, -0.2) is 15.2 Å². The number of aliphatic hydroxyl groups excluding tert-OH is 1. The van der Waals surface area contributed by atoms with Gasteiger partial charge >= 0.3 is 0 Å². The highest BCUT2D eigenvalue weighted by molar-refractivity contribution is 5.10. The third-order valence-corrected chi connectivity index (χ3v) is 1.40. The summed E-state index contributed by atoms with van der Waals surface area (Å²) in [5.41, 5.74) is 0.609. The zero-order valence-electron chi connectivity index (χ0n) is 6.53. The predicted molar refractivity (Wildman–Crippen MR) is 37.8 cm³/mol. The fourth-order valence-corrected chi connectivity index (χ4v) is 0.941. The molecule has 62 valence electrons. The van der Waals surface area contributed by atoms with Crippen molar-refractivity contribution >= 4 is 0 Å². The Morgan fingerprint density at radius 3 is 2.55 bits per heavy atom. The highest BCUT2D eigenvalue weighted by atomic mass is 16.5. The van der Waals surface area contributed by atoms with Crippen LogP contribution in [0.1, 0.15) is 30.6 Å². The lowest BCUT2D eigenvalue weighted by Gasteiger charge is -1.98. The van der Waals surface area contributed by atoms with Crippen LogP contribution in [0.15, 0.2) is 4.42 Å².